The molecule has 0 unspecified atom stereocenters. The van der Waals surface area contributed by atoms with Crippen molar-refractivity contribution in [3.8, 4) is 32.3 Å². The topological polar surface area (TPSA) is 29.3 Å². The number of rotatable bonds is 4. The first-order valence-electron chi connectivity index (χ1n) is 15.9. The van der Waals surface area contributed by atoms with Gasteiger partial charge in [0.25, 0.3) is 0 Å². The lowest BCUT2D eigenvalue weighted by atomic mass is 9.90. The SMILES string of the molecule is c1ccc(-c2nc3c(s2)-c2cc4ccc(N(c5ccccc5)c5ccc6c(c5)oc5ccccc56)c5ccc6ccc-3c2c6c45)cc1. The Hall–Kier alpha value is -5.97. The fourth-order valence-electron chi connectivity index (χ4n) is 7.72. The van der Waals surface area contributed by atoms with Crippen molar-refractivity contribution in [3.05, 3.63) is 146 Å². The first-order valence-corrected chi connectivity index (χ1v) is 16.7. The van der Waals surface area contributed by atoms with Gasteiger partial charge in [-0.3, -0.25) is 0 Å². The number of para-hydroxylation sites is 2. The van der Waals surface area contributed by atoms with Crippen LogP contribution < -0.4 is 4.90 Å². The van der Waals surface area contributed by atoms with Crippen LogP contribution in [0.25, 0.3) is 86.5 Å². The van der Waals surface area contributed by atoms with Gasteiger partial charge in [0.1, 0.15) is 16.2 Å². The van der Waals surface area contributed by atoms with E-state index in [4.69, 9.17) is 9.40 Å². The van der Waals surface area contributed by atoms with Crippen molar-refractivity contribution in [2.24, 2.45) is 0 Å². The van der Waals surface area contributed by atoms with Gasteiger partial charge in [0.05, 0.1) is 16.3 Å². The van der Waals surface area contributed by atoms with Crippen LogP contribution in [0, 0.1) is 0 Å². The highest BCUT2D eigenvalue weighted by atomic mass is 32.1. The van der Waals surface area contributed by atoms with Gasteiger partial charge in [0.15, 0.2) is 0 Å². The zero-order valence-corrected chi connectivity index (χ0v) is 25.9. The van der Waals surface area contributed by atoms with Crippen LogP contribution in [0.1, 0.15) is 0 Å². The second-order valence-electron chi connectivity index (χ2n) is 12.3. The molecule has 1 aliphatic rings. The van der Waals surface area contributed by atoms with Crippen molar-refractivity contribution >= 4 is 82.7 Å². The summed E-state index contributed by atoms with van der Waals surface area (Å²) in [5.41, 5.74) is 9.89. The molecule has 10 aromatic rings. The van der Waals surface area contributed by atoms with E-state index < -0.39 is 0 Å². The smallest absolute Gasteiger partial charge is 0.137 e. The average Bonchev–Trinajstić information content (AvgIpc) is 3.81. The molecule has 2 heterocycles. The number of fused-ring (bicyclic) bond motifs is 6. The highest BCUT2D eigenvalue weighted by molar-refractivity contribution is 7.19. The predicted octanol–water partition coefficient (Wildman–Crippen LogP) is 12.7. The molecule has 0 N–H and O–H groups in total. The third-order valence-electron chi connectivity index (χ3n) is 9.76. The lowest BCUT2D eigenvalue weighted by Crippen LogP contribution is -2.10. The highest BCUT2D eigenvalue weighted by Gasteiger charge is 2.29. The maximum absolute atomic E-state index is 6.36. The number of hydrogen-bond donors (Lipinski definition) is 0. The van der Waals surface area contributed by atoms with Gasteiger partial charge < -0.3 is 9.32 Å². The van der Waals surface area contributed by atoms with E-state index >= 15 is 0 Å². The van der Waals surface area contributed by atoms with Crippen molar-refractivity contribution in [2.75, 3.05) is 4.90 Å². The van der Waals surface area contributed by atoms with Crippen molar-refractivity contribution in [1.82, 2.24) is 4.98 Å². The summed E-state index contributed by atoms with van der Waals surface area (Å²) in [6.07, 6.45) is 0. The van der Waals surface area contributed by atoms with Gasteiger partial charge in [-0.2, -0.15) is 0 Å². The zero-order chi connectivity index (χ0) is 30.6. The second-order valence-corrected chi connectivity index (χ2v) is 13.3. The van der Waals surface area contributed by atoms with Gasteiger partial charge in [0, 0.05) is 55.7 Å². The Morgan fingerprint density at radius 3 is 2.15 bits per heavy atom. The van der Waals surface area contributed by atoms with Crippen LogP contribution in [0.5, 0.6) is 0 Å². The summed E-state index contributed by atoms with van der Waals surface area (Å²) < 4.78 is 6.36. The molecule has 47 heavy (non-hydrogen) atoms. The van der Waals surface area contributed by atoms with Crippen molar-refractivity contribution in [1.29, 1.82) is 0 Å². The van der Waals surface area contributed by atoms with Gasteiger partial charge >= 0.3 is 0 Å². The van der Waals surface area contributed by atoms with Crippen molar-refractivity contribution < 1.29 is 4.42 Å². The third kappa shape index (κ3) is 3.48. The minimum absolute atomic E-state index is 0.885. The molecule has 0 saturated heterocycles. The lowest BCUT2D eigenvalue weighted by Gasteiger charge is -2.27. The number of aromatic nitrogens is 1. The van der Waals surface area contributed by atoms with Crippen LogP contribution in [0.3, 0.4) is 0 Å². The van der Waals surface area contributed by atoms with Gasteiger partial charge in [-0.15, -0.1) is 11.3 Å². The lowest BCUT2D eigenvalue weighted by molar-refractivity contribution is 0.669. The normalized spacial score (nSPS) is 12.3. The van der Waals surface area contributed by atoms with E-state index in [0.29, 0.717) is 0 Å². The number of benzene rings is 8. The average molecular weight is 617 g/mol. The summed E-state index contributed by atoms with van der Waals surface area (Å²) in [6, 6.07) is 52.1. The molecule has 8 aromatic carbocycles. The Morgan fingerprint density at radius 2 is 1.26 bits per heavy atom. The number of furan rings is 1. The first kappa shape index (κ1) is 25.2. The molecule has 0 saturated carbocycles. The summed E-state index contributed by atoms with van der Waals surface area (Å²) in [5.74, 6) is 0. The second kappa shape index (κ2) is 9.29. The molecule has 218 valence electrons. The fraction of sp³-hybridized carbons (Fsp3) is 0. The minimum Gasteiger partial charge on any atom is -0.456 e. The number of thiazole rings is 1. The highest BCUT2D eigenvalue weighted by Crippen LogP contribution is 2.55. The predicted molar refractivity (Wildman–Crippen MR) is 198 cm³/mol. The van der Waals surface area contributed by atoms with Crippen molar-refractivity contribution in [3.63, 3.8) is 0 Å². The van der Waals surface area contributed by atoms with E-state index in [2.05, 4.69) is 138 Å². The summed E-state index contributed by atoms with van der Waals surface area (Å²) in [6.45, 7) is 0. The summed E-state index contributed by atoms with van der Waals surface area (Å²) in [5, 5.41) is 11.0. The number of anilines is 3. The van der Waals surface area contributed by atoms with Gasteiger partial charge in [0.2, 0.25) is 0 Å². The number of nitrogens with zero attached hydrogens (tertiary/aromatic N) is 2. The van der Waals surface area contributed by atoms with E-state index in [1.807, 2.05) is 12.1 Å². The molecule has 1 aliphatic carbocycles. The molecule has 3 nitrogen and oxygen atoms in total. The first-order chi connectivity index (χ1) is 23.3. The Balaban J connectivity index is 1.16. The maximum Gasteiger partial charge on any atom is 0.137 e. The Morgan fingerprint density at radius 1 is 0.511 bits per heavy atom. The Kier molecular flexibility index (Phi) is 4.99. The molecular weight excluding hydrogens is 593 g/mol. The maximum atomic E-state index is 6.36. The fourth-order valence-corrected chi connectivity index (χ4v) is 8.83. The third-order valence-corrected chi connectivity index (χ3v) is 10.9. The largest absolute Gasteiger partial charge is 0.456 e. The quantitative estimate of drug-likeness (QED) is 0.184. The van der Waals surface area contributed by atoms with Crippen molar-refractivity contribution in [2.45, 2.75) is 0 Å². The standard InChI is InChI=1S/C43H24N2OS/c1-3-9-26(10-4-1)43-44-41-33-20-16-25-15-19-32-35(22-17-27-23-34(42(41)47-43)40(33)39(25)38(27)32)45(28-11-5-2-6-12-28)29-18-21-31-30-13-7-8-14-36(30)46-37(31)24-29/h1-24H. The van der Waals surface area contributed by atoms with Gasteiger partial charge in [-0.25, -0.2) is 4.98 Å². The summed E-state index contributed by atoms with van der Waals surface area (Å²) in [7, 11) is 0. The van der Waals surface area contributed by atoms with Crippen LogP contribution in [-0.4, -0.2) is 4.98 Å². The van der Waals surface area contributed by atoms with Crippen LogP contribution in [0.4, 0.5) is 17.1 Å². The summed E-state index contributed by atoms with van der Waals surface area (Å²) in [4.78, 5) is 8.84. The molecule has 0 spiro atoms. The molecule has 0 fully saturated rings. The van der Waals surface area contributed by atoms with E-state index in [1.54, 1.807) is 11.3 Å². The Labute approximate surface area is 273 Å². The zero-order valence-electron chi connectivity index (χ0n) is 25.1. The van der Waals surface area contributed by atoms with Gasteiger partial charge in [-0.1, -0.05) is 97.1 Å². The molecule has 11 rings (SSSR count). The van der Waals surface area contributed by atoms with Crippen LogP contribution >= 0.6 is 11.3 Å². The van der Waals surface area contributed by atoms with Crippen LogP contribution in [-0.2, 0) is 0 Å². The van der Waals surface area contributed by atoms with Gasteiger partial charge in [-0.05, 0) is 64.0 Å². The molecule has 0 aliphatic heterocycles. The molecule has 0 radical (unpaired) electrons. The van der Waals surface area contributed by atoms with Crippen LogP contribution in [0.2, 0.25) is 0 Å². The van der Waals surface area contributed by atoms with E-state index in [0.717, 1.165) is 49.7 Å². The summed E-state index contributed by atoms with van der Waals surface area (Å²) >= 11 is 1.80. The van der Waals surface area contributed by atoms with Crippen LogP contribution in [0.15, 0.2) is 150 Å². The number of hydrogen-bond acceptors (Lipinski definition) is 4. The molecule has 0 atom stereocenters. The Bertz CT molecular complexity index is 2850. The molecule has 0 bridgehead atoms. The molecule has 4 heteroatoms. The molecule has 2 aromatic heterocycles. The van der Waals surface area contributed by atoms with E-state index in [9.17, 15) is 0 Å². The molecule has 0 amide bonds. The molecular formula is C43H24N2OS. The van der Waals surface area contributed by atoms with E-state index in [-0.39, 0.29) is 0 Å². The van der Waals surface area contributed by atoms with E-state index in [1.165, 1.54) is 53.9 Å². The minimum atomic E-state index is 0.885. The monoisotopic (exact) mass is 616 g/mol.